The molecule has 0 radical (unpaired) electrons. The van der Waals surface area contributed by atoms with Crippen LogP contribution in [0.2, 0.25) is 0 Å². The Morgan fingerprint density at radius 1 is 1.25 bits per heavy atom. The first-order chi connectivity index (χ1) is 11.5. The van der Waals surface area contributed by atoms with Gasteiger partial charge in [0.1, 0.15) is 0 Å². The molecule has 1 N–H and O–H groups in total. The number of thioether (sulfide) groups is 1. The van der Waals surface area contributed by atoms with E-state index in [4.69, 9.17) is 4.74 Å². The lowest BCUT2D eigenvalue weighted by atomic mass is 10.2. The SMILES string of the molecule is COc1ccc(CSc2nc3nc(C)cc(C)c3c(=O)[nH]2)cc1F. The molecule has 2 aromatic heterocycles. The number of nitrogens with one attached hydrogen (secondary N) is 1. The van der Waals surface area contributed by atoms with Crippen LogP contribution in [-0.2, 0) is 5.75 Å². The number of H-pyrrole nitrogens is 1. The Kier molecular flexibility index (Phi) is 4.53. The first kappa shape index (κ1) is 16.4. The molecule has 0 aliphatic heterocycles. The summed E-state index contributed by atoms with van der Waals surface area (Å²) in [5, 5.41) is 0.960. The Morgan fingerprint density at radius 2 is 2.04 bits per heavy atom. The monoisotopic (exact) mass is 345 g/mol. The van der Waals surface area contributed by atoms with Crippen molar-refractivity contribution >= 4 is 22.8 Å². The summed E-state index contributed by atoms with van der Waals surface area (Å²) in [4.78, 5) is 23.7. The smallest absolute Gasteiger partial charge is 0.261 e. The van der Waals surface area contributed by atoms with Gasteiger partial charge in [-0.1, -0.05) is 17.8 Å². The number of pyridine rings is 1. The molecule has 0 aliphatic rings. The van der Waals surface area contributed by atoms with Gasteiger partial charge in [0.2, 0.25) is 0 Å². The van der Waals surface area contributed by atoms with Gasteiger partial charge >= 0.3 is 0 Å². The highest BCUT2D eigenvalue weighted by molar-refractivity contribution is 7.98. The molecule has 0 atom stereocenters. The first-order valence-electron chi connectivity index (χ1n) is 7.31. The molecule has 1 aromatic carbocycles. The van der Waals surface area contributed by atoms with Gasteiger partial charge in [-0.2, -0.15) is 0 Å². The molecule has 7 heteroatoms. The number of halogens is 1. The van der Waals surface area contributed by atoms with Crippen LogP contribution >= 0.6 is 11.8 Å². The number of rotatable bonds is 4. The molecule has 0 saturated heterocycles. The maximum atomic E-state index is 13.7. The highest BCUT2D eigenvalue weighted by Crippen LogP contribution is 2.24. The van der Waals surface area contributed by atoms with E-state index in [1.165, 1.54) is 24.9 Å². The summed E-state index contributed by atoms with van der Waals surface area (Å²) in [6.07, 6.45) is 0. The maximum Gasteiger partial charge on any atom is 0.261 e. The van der Waals surface area contributed by atoms with E-state index in [0.29, 0.717) is 21.9 Å². The van der Waals surface area contributed by atoms with Gasteiger partial charge in [0, 0.05) is 11.4 Å². The molecule has 3 aromatic rings. The topological polar surface area (TPSA) is 67.9 Å². The molecule has 0 amide bonds. The van der Waals surface area contributed by atoms with Gasteiger partial charge < -0.3 is 9.72 Å². The van der Waals surface area contributed by atoms with Crippen LogP contribution in [0.1, 0.15) is 16.8 Å². The van der Waals surface area contributed by atoms with Gasteiger partial charge in [-0.05, 0) is 43.2 Å². The fourth-order valence-electron chi connectivity index (χ4n) is 2.48. The highest BCUT2D eigenvalue weighted by Gasteiger charge is 2.10. The van der Waals surface area contributed by atoms with Crippen molar-refractivity contribution in [3.05, 3.63) is 57.3 Å². The van der Waals surface area contributed by atoms with Crippen molar-refractivity contribution in [2.24, 2.45) is 0 Å². The fourth-order valence-corrected chi connectivity index (χ4v) is 3.28. The van der Waals surface area contributed by atoms with Crippen LogP contribution in [0, 0.1) is 19.7 Å². The molecule has 24 heavy (non-hydrogen) atoms. The van der Waals surface area contributed by atoms with E-state index in [1.807, 2.05) is 19.9 Å². The summed E-state index contributed by atoms with van der Waals surface area (Å²) in [7, 11) is 1.42. The Balaban J connectivity index is 1.88. The third-order valence-electron chi connectivity index (χ3n) is 3.57. The number of benzene rings is 1. The number of hydrogen-bond donors (Lipinski definition) is 1. The normalized spacial score (nSPS) is 11.0. The standard InChI is InChI=1S/C17H16FN3O2S/c1-9-6-10(2)19-15-14(9)16(22)21-17(20-15)24-8-11-4-5-13(23-3)12(18)7-11/h4-7H,8H2,1-3H3,(H,19,20,21,22). The summed E-state index contributed by atoms with van der Waals surface area (Å²) in [6, 6.07) is 6.63. The molecule has 0 aliphatic carbocycles. The van der Waals surface area contributed by atoms with E-state index in [9.17, 15) is 9.18 Å². The summed E-state index contributed by atoms with van der Waals surface area (Å²) >= 11 is 1.32. The van der Waals surface area contributed by atoms with E-state index in [0.717, 1.165) is 16.8 Å². The third kappa shape index (κ3) is 3.26. The van der Waals surface area contributed by atoms with Crippen LogP contribution in [0.25, 0.3) is 11.0 Å². The quantitative estimate of drug-likeness (QED) is 0.580. The van der Waals surface area contributed by atoms with Crippen molar-refractivity contribution in [3.63, 3.8) is 0 Å². The number of aromatic nitrogens is 3. The average Bonchev–Trinajstić information content (AvgIpc) is 2.52. The van der Waals surface area contributed by atoms with Crippen LogP contribution in [0.15, 0.2) is 34.2 Å². The number of aryl methyl sites for hydroxylation is 2. The number of aromatic amines is 1. The van der Waals surface area contributed by atoms with Crippen molar-refractivity contribution < 1.29 is 9.13 Å². The molecule has 3 rings (SSSR count). The van der Waals surface area contributed by atoms with Gasteiger partial charge in [0.15, 0.2) is 22.4 Å². The van der Waals surface area contributed by atoms with Crippen LogP contribution in [0.3, 0.4) is 0 Å². The van der Waals surface area contributed by atoms with E-state index < -0.39 is 5.82 Å². The largest absolute Gasteiger partial charge is 0.494 e. The second-order valence-corrected chi connectivity index (χ2v) is 6.37. The van der Waals surface area contributed by atoms with Crippen molar-refractivity contribution in [2.45, 2.75) is 24.8 Å². The zero-order valence-corrected chi connectivity index (χ0v) is 14.3. The molecule has 2 heterocycles. The maximum absolute atomic E-state index is 13.7. The van der Waals surface area contributed by atoms with Crippen molar-refractivity contribution in [1.82, 2.24) is 15.0 Å². The number of hydrogen-bond acceptors (Lipinski definition) is 5. The lowest BCUT2D eigenvalue weighted by molar-refractivity contribution is 0.386. The van der Waals surface area contributed by atoms with Crippen LogP contribution in [0.5, 0.6) is 5.75 Å². The molecule has 0 fully saturated rings. The second-order valence-electron chi connectivity index (χ2n) is 5.41. The summed E-state index contributed by atoms with van der Waals surface area (Å²) < 4.78 is 18.6. The Labute approximate surface area is 142 Å². The molecule has 124 valence electrons. The number of nitrogens with zero attached hydrogens (tertiary/aromatic N) is 2. The van der Waals surface area contributed by atoms with Gasteiger partial charge in [0.25, 0.3) is 5.56 Å². The number of methoxy groups -OCH3 is 1. The zero-order chi connectivity index (χ0) is 17.3. The predicted octanol–water partition coefficient (Wildman–Crippen LogP) is 3.37. The van der Waals surface area contributed by atoms with E-state index >= 15 is 0 Å². The fraction of sp³-hybridized carbons (Fsp3) is 0.235. The van der Waals surface area contributed by atoms with Crippen LogP contribution in [-0.4, -0.2) is 22.1 Å². The van der Waals surface area contributed by atoms with Gasteiger partial charge in [-0.25, -0.2) is 14.4 Å². The molecular formula is C17H16FN3O2S. The highest BCUT2D eigenvalue weighted by atomic mass is 32.2. The van der Waals surface area contributed by atoms with Crippen LogP contribution < -0.4 is 10.3 Å². The van der Waals surface area contributed by atoms with Crippen LogP contribution in [0.4, 0.5) is 4.39 Å². The number of ether oxygens (including phenoxy) is 1. The van der Waals surface area contributed by atoms with E-state index in [2.05, 4.69) is 15.0 Å². The van der Waals surface area contributed by atoms with Gasteiger partial charge in [0.05, 0.1) is 12.5 Å². The van der Waals surface area contributed by atoms with E-state index in [1.54, 1.807) is 12.1 Å². The van der Waals surface area contributed by atoms with Gasteiger partial charge in [-0.15, -0.1) is 0 Å². The minimum absolute atomic E-state index is 0.205. The predicted molar refractivity (Wildman–Crippen MR) is 92.1 cm³/mol. The molecular weight excluding hydrogens is 329 g/mol. The number of fused-ring (bicyclic) bond motifs is 1. The molecule has 0 saturated carbocycles. The molecule has 0 unspecified atom stereocenters. The summed E-state index contributed by atoms with van der Waals surface area (Å²) in [5.41, 5.74) is 2.65. The van der Waals surface area contributed by atoms with E-state index in [-0.39, 0.29) is 11.3 Å². The lowest BCUT2D eigenvalue weighted by Crippen LogP contribution is -2.12. The summed E-state index contributed by atoms with van der Waals surface area (Å²) in [5.74, 6) is 0.264. The minimum atomic E-state index is -0.413. The zero-order valence-electron chi connectivity index (χ0n) is 13.5. The molecule has 0 spiro atoms. The molecule has 5 nitrogen and oxygen atoms in total. The van der Waals surface area contributed by atoms with Crippen molar-refractivity contribution in [2.75, 3.05) is 7.11 Å². The first-order valence-corrected chi connectivity index (χ1v) is 8.30. The average molecular weight is 345 g/mol. The summed E-state index contributed by atoms with van der Waals surface area (Å²) in [6.45, 7) is 3.73. The van der Waals surface area contributed by atoms with Gasteiger partial charge in [-0.3, -0.25) is 4.79 Å². The Bertz CT molecular complexity index is 972. The second kappa shape index (κ2) is 6.60. The lowest BCUT2D eigenvalue weighted by Gasteiger charge is -2.06. The van der Waals surface area contributed by atoms with Crippen molar-refractivity contribution in [3.8, 4) is 5.75 Å². The third-order valence-corrected chi connectivity index (χ3v) is 4.52. The Morgan fingerprint density at radius 3 is 2.75 bits per heavy atom. The minimum Gasteiger partial charge on any atom is -0.494 e. The van der Waals surface area contributed by atoms with Crippen molar-refractivity contribution in [1.29, 1.82) is 0 Å². The molecule has 0 bridgehead atoms. The Hall–Kier alpha value is -2.41.